The van der Waals surface area contributed by atoms with Gasteiger partial charge in [0.25, 0.3) is 0 Å². The lowest BCUT2D eigenvalue weighted by atomic mass is 9.77. The normalized spacial score (nSPS) is 21.5. The van der Waals surface area contributed by atoms with Crippen LogP contribution in [0.1, 0.15) is 19.3 Å². The van der Waals surface area contributed by atoms with Gasteiger partial charge in [0.15, 0.2) is 5.76 Å². The number of rotatable bonds is 11. The van der Waals surface area contributed by atoms with E-state index in [4.69, 9.17) is 0 Å². The molecule has 0 saturated heterocycles. The summed E-state index contributed by atoms with van der Waals surface area (Å²) in [7, 11) is 0. The Morgan fingerprint density at radius 2 is 1.42 bits per heavy atom. The molecule has 3 nitrogen and oxygen atoms in total. The van der Waals surface area contributed by atoms with Crippen LogP contribution < -0.4 is 0 Å². The fourth-order valence-electron chi connectivity index (χ4n) is 2.91. The molecule has 0 aromatic carbocycles. The first-order chi connectivity index (χ1) is 12.5. The average molecular weight is 352 g/mol. The lowest BCUT2D eigenvalue weighted by Crippen LogP contribution is -2.37. The van der Waals surface area contributed by atoms with Crippen LogP contribution in [-0.2, 0) is 0 Å². The van der Waals surface area contributed by atoms with E-state index in [2.05, 4.69) is 26.3 Å². The van der Waals surface area contributed by atoms with Crippen molar-refractivity contribution in [2.24, 2.45) is 5.92 Å². The van der Waals surface area contributed by atoms with E-state index in [1.807, 2.05) is 24.3 Å². The van der Waals surface area contributed by atoms with Crippen LogP contribution >= 0.6 is 0 Å². The van der Waals surface area contributed by atoms with E-state index < -0.39 is 12.0 Å². The number of hydrogen-bond donors (Lipinski definition) is 3. The first kappa shape index (κ1) is 21.3. The smallest absolute Gasteiger partial charge is 0.160 e. The maximum Gasteiger partial charge on any atom is 0.160 e. The van der Waals surface area contributed by atoms with Gasteiger partial charge < -0.3 is 15.3 Å². The molecule has 1 aliphatic carbocycles. The molecule has 0 radical (unpaired) electrons. The molecule has 0 heterocycles. The maximum absolute atomic E-state index is 9.97. The Labute approximate surface area is 156 Å². The molecule has 0 bridgehead atoms. The second-order valence-electron chi connectivity index (χ2n) is 6.01. The summed E-state index contributed by atoms with van der Waals surface area (Å²) in [5.74, 6) is -1.14. The molecule has 138 valence electrons. The zero-order chi connectivity index (χ0) is 19.5. The van der Waals surface area contributed by atoms with E-state index >= 15 is 0 Å². The second kappa shape index (κ2) is 11.0. The van der Waals surface area contributed by atoms with Gasteiger partial charge in [0.05, 0.1) is 5.92 Å². The predicted octanol–water partition coefficient (Wildman–Crippen LogP) is 5.55. The highest BCUT2D eigenvalue weighted by atomic mass is 16.4. The van der Waals surface area contributed by atoms with E-state index in [-0.39, 0.29) is 11.5 Å². The zero-order valence-corrected chi connectivity index (χ0v) is 15.1. The highest BCUT2D eigenvalue weighted by Gasteiger charge is 2.42. The molecule has 0 fully saturated rings. The van der Waals surface area contributed by atoms with Crippen molar-refractivity contribution in [1.82, 2.24) is 0 Å². The molecule has 0 saturated carbocycles. The van der Waals surface area contributed by atoms with Crippen molar-refractivity contribution >= 4 is 0 Å². The van der Waals surface area contributed by atoms with E-state index in [9.17, 15) is 15.3 Å². The zero-order valence-electron chi connectivity index (χ0n) is 15.1. The lowest BCUT2D eigenvalue weighted by Gasteiger charge is -2.33. The Hall–Kier alpha value is -2.78. The van der Waals surface area contributed by atoms with E-state index in [0.29, 0.717) is 12.8 Å². The van der Waals surface area contributed by atoms with Crippen molar-refractivity contribution in [1.29, 1.82) is 0 Å². The van der Waals surface area contributed by atoms with E-state index in [1.165, 1.54) is 5.57 Å². The minimum Gasteiger partial charge on any atom is -0.508 e. The molecule has 3 N–H and O–H groups in total. The van der Waals surface area contributed by atoms with Crippen molar-refractivity contribution < 1.29 is 15.3 Å². The highest BCUT2D eigenvalue weighted by molar-refractivity contribution is 5.38. The van der Waals surface area contributed by atoms with Gasteiger partial charge in [0.1, 0.15) is 11.9 Å². The predicted molar refractivity (Wildman–Crippen MR) is 110 cm³/mol. The molecule has 1 aliphatic rings. The quantitative estimate of drug-likeness (QED) is 0.427. The number of hydrogen-bond acceptors (Lipinski definition) is 3. The minimum atomic E-state index is -1.08. The van der Waals surface area contributed by atoms with Gasteiger partial charge in [-0.1, -0.05) is 97.7 Å². The summed E-state index contributed by atoms with van der Waals surface area (Å²) in [6.07, 6.45) is 17.3. The fourth-order valence-corrected chi connectivity index (χ4v) is 2.91. The van der Waals surface area contributed by atoms with Crippen LogP contribution in [0.3, 0.4) is 0 Å². The molecule has 3 heteroatoms. The topological polar surface area (TPSA) is 60.7 Å². The summed E-state index contributed by atoms with van der Waals surface area (Å²) < 4.78 is 0. The summed E-state index contributed by atoms with van der Waals surface area (Å²) in [5.41, 5.74) is 3.02. The standard InChI is InChI=1S/C23H28O3/c1-5-9-10-14-17(11-6-2)15-18(12-7-3)16-19(13-8-4)20-21(24)23(26)22(20)25/h5-13,20-21,24-26H,1-4,14-16H2/b10-9+,17-11?,18-12?,19-13?. The van der Waals surface area contributed by atoms with Gasteiger partial charge >= 0.3 is 0 Å². The second-order valence-corrected chi connectivity index (χ2v) is 6.01. The van der Waals surface area contributed by atoms with Crippen LogP contribution in [0.5, 0.6) is 0 Å². The average Bonchev–Trinajstić information content (AvgIpc) is 2.62. The van der Waals surface area contributed by atoms with Gasteiger partial charge in [-0.3, -0.25) is 0 Å². The van der Waals surface area contributed by atoms with Crippen LogP contribution in [0.25, 0.3) is 0 Å². The van der Waals surface area contributed by atoms with Gasteiger partial charge in [-0.05, 0) is 19.3 Å². The van der Waals surface area contributed by atoms with Crippen molar-refractivity contribution in [3.05, 3.63) is 109 Å². The Morgan fingerprint density at radius 3 is 1.96 bits per heavy atom. The maximum atomic E-state index is 9.97. The Bertz CT molecular complexity index is 699. The molecule has 0 amide bonds. The first-order valence-corrected chi connectivity index (χ1v) is 8.50. The monoisotopic (exact) mass is 352 g/mol. The molecular formula is C23H28O3. The van der Waals surface area contributed by atoms with Gasteiger partial charge in [0, 0.05) is 0 Å². The largest absolute Gasteiger partial charge is 0.508 e. The van der Waals surface area contributed by atoms with E-state index in [0.717, 1.165) is 17.6 Å². The lowest BCUT2D eigenvalue weighted by molar-refractivity contribution is 0.0457. The van der Waals surface area contributed by atoms with Crippen molar-refractivity contribution in [2.75, 3.05) is 0 Å². The van der Waals surface area contributed by atoms with Crippen LogP contribution in [0, 0.1) is 5.92 Å². The van der Waals surface area contributed by atoms with Crippen molar-refractivity contribution in [2.45, 2.75) is 25.4 Å². The fraction of sp³-hybridized carbons (Fsp3) is 0.217. The van der Waals surface area contributed by atoms with Crippen LogP contribution in [0.4, 0.5) is 0 Å². The molecular weight excluding hydrogens is 324 g/mol. The van der Waals surface area contributed by atoms with Crippen molar-refractivity contribution in [3.63, 3.8) is 0 Å². The third kappa shape index (κ3) is 5.64. The van der Waals surface area contributed by atoms with Crippen molar-refractivity contribution in [3.8, 4) is 0 Å². The molecule has 26 heavy (non-hydrogen) atoms. The Kier molecular flexibility index (Phi) is 8.96. The molecule has 2 atom stereocenters. The van der Waals surface area contributed by atoms with Crippen LogP contribution in [0.15, 0.2) is 109 Å². The molecule has 0 spiro atoms. The third-order valence-corrected chi connectivity index (χ3v) is 4.13. The third-order valence-electron chi connectivity index (χ3n) is 4.13. The Balaban J connectivity index is 3.01. The summed E-state index contributed by atoms with van der Waals surface area (Å²) in [5, 5.41) is 29.4. The van der Waals surface area contributed by atoms with Gasteiger partial charge in [0.2, 0.25) is 0 Å². The molecule has 2 unspecified atom stereocenters. The molecule has 0 aliphatic heterocycles. The van der Waals surface area contributed by atoms with Crippen LogP contribution in [0.2, 0.25) is 0 Å². The minimum absolute atomic E-state index is 0.181. The molecule has 1 rings (SSSR count). The number of allylic oxidation sites excluding steroid dienone is 11. The van der Waals surface area contributed by atoms with E-state index in [1.54, 1.807) is 30.4 Å². The molecule has 0 aromatic rings. The SMILES string of the molecule is C=CC=C(C/C=C/C=C)CC(=CC=C)CC(=CC=C)C1C(O)=C(O)C1O. The summed E-state index contributed by atoms with van der Waals surface area (Å²) >= 11 is 0. The number of aliphatic hydroxyl groups excluding tert-OH is 3. The first-order valence-electron chi connectivity index (χ1n) is 8.50. The summed E-state index contributed by atoms with van der Waals surface area (Å²) in [6, 6.07) is 0. The summed E-state index contributed by atoms with van der Waals surface area (Å²) in [6.45, 7) is 14.9. The van der Waals surface area contributed by atoms with Gasteiger partial charge in [-0.25, -0.2) is 0 Å². The van der Waals surface area contributed by atoms with Gasteiger partial charge in [-0.2, -0.15) is 0 Å². The molecule has 0 aromatic heterocycles. The highest BCUT2D eigenvalue weighted by Crippen LogP contribution is 2.40. The number of aliphatic hydroxyl groups is 3. The van der Waals surface area contributed by atoms with Crippen LogP contribution in [-0.4, -0.2) is 21.4 Å². The Morgan fingerprint density at radius 1 is 0.808 bits per heavy atom. The summed E-state index contributed by atoms with van der Waals surface area (Å²) in [4.78, 5) is 0. The van der Waals surface area contributed by atoms with Gasteiger partial charge in [-0.15, -0.1) is 0 Å².